The van der Waals surface area contributed by atoms with Gasteiger partial charge < -0.3 is 0 Å². The van der Waals surface area contributed by atoms with Crippen molar-refractivity contribution in [2.24, 2.45) is 0 Å². The van der Waals surface area contributed by atoms with Crippen molar-refractivity contribution in [3.05, 3.63) is 15.3 Å². The first-order chi connectivity index (χ1) is 4.93. The number of hydrogen-bond acceptors (Lipinski definition) is 3. The van der Waals surface area contributed by atoms with Crippen LogP contribution in [0.3, 0.4) is 0 Å². The zero-order chi connectivity index (χ0) is 8.65. The molecule has 0 spiro atoms. The summed E-state index contributed by atoms with van der Waals surface area (Å²) in [6.45, 7) is 1.54. The molecule has 0 radical (unpaired) electrons. The molecule has 1 N–H and O–H groups in total. The third-order valence-electron chi connectivity index (χ3n) is 1.21. The number of halogens is 1. The highest BCUT2D eigenvalue weighted by molar-refractivity contribution is 7.86. The molecule has 3 nitrogen and oxygen atoms in total. The smallest absolute Gasteiger partial charge is 0.282 e. The second-order valence-corrected chi connectivity index (χ2v) is 4.85. The highest BCUT2D eigenvalue weighted by atomic mass is 35.5. The molecule has 0 aromatic carbocycles. The van der Waals surface area contributed by atoms with E-state index in [1.54, 1.807) is 6.92 Å². The predicted molar refractivity (Wildman–Crippen MR) is 43.9 cm³/mol. The molecule has 0 bridgehead atoms. The quantitative estimate of drug-likeness (QED) is 0.724. The maximum atomic E-state index is 10.6. The van der Waals surface area contributed by atoms with Gasteiger partial charge in [0.05, 0.1) is 4.34 Å². The summed E-state index contributed by atoms with van der Waals surface area (Å²) in [5.74, 6) is 0. The van der Waals surface area contributed by atoms with Gasteiger partial charge in [0.15, 0.2) is 0 Å². The molecular weight excluding hydrogens is 208 g/mol. The first-order valence-electron chi connectivity index (χ1n) is 2.64. The van der Waals surface area contributed by atoms with Crippen molar-refractivity contribution < 1.29 is 13.0 Å². The minimum absolute atomic E-state index is 0.104. The first kappa shape index (κ1) is 8.99. The number of hydrogen-bond donors (Lipinski definition) is 1. The van der Waals surface area contributed by atoms with E-state index in [1.165, 1.54) is 5.38 Å². The summed E-state index contributed by atoms with van der Waals surface area (Å²) >= 11 is 6.66. The summed E-state index contributed by atoms with van der Waals surface area (Å²) in [6, 6.07) is 0. The molecular formula is C5H5ClO3S2. The van der Waals surface area contributed by atoms with Crippen LogP contribution in [0.4, 0.5) is 0 Å². The molecule has 0 saturated heterocycles. The Balaban J connectivity index is 3.38. The second-order valence-electron chi connectivity index (χ2n) is 1.97. The lowest BCUT2D eigenvalue weighted by molar-refractivity contribution is 0.483. The van der Waals surface area contributed by atoms with Crippen LogP contribution in [0.2, 0.25) is 4.34 Å². The number of rotatable bonds is 1. The molecule has 0 aliphatic rings. The molecule has 62 valence electrons. The predicted octanol–water partition coefficient (Wildman–Crippen LogP) is 1.96. The Bertz CT molecular complexity index is 365. The van der Waals surface area contributed by atoms with Crippen molar-refractivity contribution >= 4 is 33.1 Å². The van der Waals surface area contributed by atoms with E-state index in [0.29, 0.717) is 9.90 Å². The normalized spacial score (nSPS) is 11.9. The van der Waals surface area contributed by atoms with Crippen LogP contribution in [0, 0.1) is 6.92 Å². The van der Waals surface area contributed by atoms with E-state index in [1.807, 2.05) is 0 Å². The van der Waals surface area contributed by atoms with E-state index in [2.05, 4.69) is 0 Å². The van der Waals surface area contributed by atoms with Crippen molar-refractivity contribution in [1.82, 2.24) is 0 Å². The van der Waals surface area contributed by atoms with E-state index in [4.69, 9.17) is 16.2 Å². The molecule has 11 heavy (non-hydrogen) atoms. The molecule has 0 saturated carbocycles. The van der Waals surface area contributed by atoms with Crippen LogP contribution >= 0.6 is 22.9 Å². The standard InChI is InChI=1S/C5H5ClO3S2/c1-3-4(11(7,8)9)2-10-5(3)6/h2H,1H3,(H,7,8,9). The summed E-state index contributed by atoms with van der Waals surface area (Å²) < 4.78 is 30.1. The van der Waals surface area contributed by atoms with Gasteiger partial charge in [0.2, 0.25) is 0 Å². The molecule has 0 unspecified atom stereocenters. The highest BCUT2D eigenvalue weighted by Crippen LogP contribution is 2.29. The van der Waals surface area contributed by atoms with Crippen molar-refractivity contribution in [3.63, 3.8) is 0 Å². The molecule has 1 rings (SSSR count). The van der Waals surface area contributed by atoms with Gasteiger partial charge in [0.25, 0.3) is 10.1 Å². The molecule has 6 heteroatoms. The van der Waals surface area contributed by atoms with Gasteiger partial charge in [-0.3, -0.25) is 4.55 Å². The van der Waals surface area contributed by atoms with Crippen LogP contribution in [0.1, 0.15) is 5.56 Å². The molecule has 0 aliphatic carbocycles. The van der Waals surface area contributed by atoms with E-state index < -0.39 is 10.1 Å². The van der Waals surface area contributed by atoms with Gasteiger partial charge >= 0.3 is 0 Å². The summed E-state index contributed by atoms with van der Waals surface area (Å²) in [5, 5.41) is 1.31. The Morgan fingerprint density at radius 3 is 2.36 bits per heavy atom. The van der Waals surface area contributed by atoms with E-state index in [9.17, 15) is 8.42 Å². The molecule has 0 amide bonds. The van der Waals surface area contributed by atoms with Gasteiger partial charge in [0, 0.05) is 5.38 Å². The fraction of sp³-hybridized carbons (Fsp3) is 0.200. The van der Waals surface area contributed by atoms with Gasteiger partial charge in [-0.15, -0.1) is 11.3 Å². The van der Waals surface area contributed by atoms with Crippen molar-refractivity contribution in [2.75, 3.05) is 0 Å². The topological polar surface area (TPSA) is 54.4 Å². The van der Waals surface area contributed by atoms with Gasteiger partial charge in [-0.05, 0) is 12.5 Å². The van der Waals surface area contributed by atoms with Crippen LogP contribution in [0.25, 0.3) is 0 Å². The summed E-state index contributed by atoms with van der Waals surface area (Å²) in [7, 11) is -4.09. The Morgan fingerprint density at radius 2 is 2.18 bits per heavy atom. The lowest BCUT2D eigenvalue weighted by Crippen LogP contribution is -1.97. The minimum Gasteiger partial charge on any atom is -0.282 e. The Kier molecular flexibility index (Phi) is 2.24. The lowest BCUT2D eigenvalue weighted by Gasteiger charge is -1.92. The Morgan fingerprint density at radius 1 is 1.64 bits per heavy atom. The van der Waals surface area contributed by atoms with E-state index >= 15 is 0 Å². The third kappa shape index (κ3) is 1.73. The second kappa shape index (κ2) is 2.75. The zero-order valence-electron chi connectivity index (χ0n) is 5.54. The van der Waals surface area contributed by atoms with Crippen LogP contribution < -0.4 is 0 Å². The van der Waals surface area contributed by atoms with E-state index in [0.717, 1.165) is 11.3 Å². The minimum atomic E-state index is -4.09. The molecule has 1 heterocycles. The molecule has 0 aliphatic heterocycles. The average molecular weight is 213 g/mol. The third-order valence-corrected chi connectivity index (χ3v) is 3.76. The fourth-order valence-electron chi connectivity index (χ4n) is 0.633. The average Bonchev–Trinajstić information content (AvgIpc) is 2.11. The van der Waals surface area contributed by atoms with E-state index in [-0.39, 0.29) is 4.90 Å². The monoisotopic (exact) mass is 212 g/mol. The van der Waals surface area contributed by atoms with Gasteiger partial charge in [-0.1, -0.05) is 11.6 Å². The summed E-state index contributed by atoms with van der Waals surface area (Å²) in [5.41, 5.74) is 0.402. The number of thiophene rings is 1. The van der Waals surface area contributed by atoms with Crippen molar-refractivity contribution in [3.8, 4) is 0 Å². The van der Waals surface area contributed by atoms with Crippen molar-refractivity contribution in [2.45, 2.75) is 11.8 Å². The van der Waals surface area contributed by atoms with Crippen LogP contribution in [-0.4, -0.2) is 13.0 Å². The molecule has 0 atom stereocenters. The van der Waals surface area contributed by atoms with Crippen LogP contribution in [-0.2, 0) is 10.1 Å². The molecule has 0 fully saturated rings. The SMILES string of the molecule is Cc1c(S(=O)(=O)O)csc1Cl. The first-order valence-corrected chi connectivity index (χ1v) is 5.34. The zero-order valence-corrected chi connectivity index (χ0v) is 7.92. The Hall–Kier alpha value is -0.100. The van der Waals surface area contributed by atoms with Gasteiger partial charge in [-0.25, -0.2) is 0 Å². The largest absolute Gasteiger partial charge is 0.295 e. The fourth-order valence-corrected chi connectivity index (χ4v) is 2.78. The maximum absolute atomic E-state index is 10.6. The van der Waals surface area contributed by atoms with Crippen LogP contribution in [0.5, 0.6) is 0 Å². The van der Waals surface area contributed by atoms with Gasteiger partial charge in [0.1, 0.15) is 4.90 Å². The maximum Gasteiger partial charge on any atom is 0.295 e. The molecule has 1 aromatic heterocycles. The van der Waals surface area contributed by atoms with Gasteiger partial charge in [-0.2, -0.15) is 8.42 Å². The highest BCUT2D eigenvalue weighted by Gasteiger charge is 2.16. The van der Waals surface area contributed by atoms with Crippen molar-refractivity contribution in [1.29, 1.82) is 0 Å². The lowest BCUT2D eigenvalue weighted by atomic mass is 10.4. The summed E-state index contributed by atoms with van der Waals surface area (Å²) in [4.78, 5) is -0.104. The molecule has 1 aromatic rings. The summed E-state index contributed by atoms with van der Waals surface area (Å²) in [6.07, 6.45) is 0. The Labute approximate surface area is 73.4 Å². The van der Waals surface area contributed by atoms with Crippen LogP contribution in [0.15, 0.2) is 10.3 Å².